The summed E-state index contributed by atoms with van der Waals surface area (Å²) in [5, 5.41) is 7.62. The first kappa shape index (κ1) is 14.2. The molecule has 21 heavy (non-hydrogen) atoms. The molecule has 1 aromatic heterocycles. The maximum atomic E-state index is 13.0. The highest BCUT2D eigenvalue weighted by Gasteiger charge is 2.22. The molecule has 1 atom stereocenters. The van der Waals surface area contributed by atoms with Crippen molar-refractivity contribution in [3.8, 4) is 5.69 Å². The summed E-state index contributed by atoms with van der Waals surface area (Å²) in [6.07, 6.45) is 3.05. The molecule has 1 aliphatic heterocycles. The van der Waals surface area contributed by atoms with Crippen molar-refractivity contribution in [2.24, 2.45) is 5.92 Å². The summed E-state index contributed by atoms with van der Waals surface area (Å²) in [6.45, 7) is 4.21. The fraction of sp³-hybridized carbons (Fsp3) is 0.438. The highest BCUT2D eigenvalue weighted by atomic mass is 19.1. The molecule has 1 aromatic carbocycles. The third kappa shape index (κ3) is 3.31. The van der Waals surface area contributed by atoms with E-state index in [1.54, 1.807) is 18.3 Å². The van der Waals surface area contributed by atoms with Crippen LogP contribution in [0.25, 0.3) is 5.69 Å². The highest BCUT2D eigenvalue weighted by molar-refractivity contribution is 5.32. The highest BCUT2D eigenvalue weighted by Crippen LogP contribution is 2.19. The van der Waals surface area contributed by atoms with E-state index in [4.69, 9.17) is 0 Å². The molecule has 3 rings (SSSR count). The van der Waals surface area contributed by atoms with Gasteiger partial charge in [-0.3, -0.25) is 4.90 Å². The molecule has 1 unspecified atom stereocenters. The van der Waals surface area contributed by atoms with Gasteiger partial charge in [-0.15, -0.1) is 0 Å². The molecule has 0 amide bonds. The van der Waals surface area contributed by atoms with E-state index in [0.717, 1.165) is 43.5 Å². The monoisotopic (exact) mass is 288 g/mol. The number of rotatable bonds is 5. The number of nitrogens with zero attached hydrogens (tertiary/aromatic N) is 3. The van der Waals surface area contributed by atoms with Crippen LogP contribution in [0.3, 0.4) is 0 Å². The van der Waals surface area contributed by atoms with Crippen molar-refractivity contribution >= 4 is 0 Å². The molecule has 1 aliphatic rings. The molecule has 2 heterocycles. The zero-order chi connectivity index (χ0) is 14.7. The van der Waals surface area contributed by atoms with Crippen LogP contribution in [0.5, 0.6) is 0 Å². The summed E-state index contributed by atoms with van der Waals surface area (Å²) in [5.74, 6) is 0.513. The first-order valence-electron chi connectivity index (χ1n) is 7.42. The summed E-state index contributed by atoms with van der Waals surface area (Å²) in [5.41, 5.74) is 2.05. The standard InChI is InChI=1S/C16H21FN4/c1-18-10-13-7-9-20(11-13)12-16-6-8-19-21(16)15-4-2-14(17)3-5-15/h2-6,8,13,18H,7,9-12H2,1H3. The molecule has 1 saturated heterocycles. The van der Waals surface area contributed by atoms with Gasteiger partial charge in [-0.25, -0.2) is 9.07 Å². The van der Waals surface area contributed by atoms with Crippen molar-refractivity contribution in [2.45, 2.75) is 13.0 Å². The SMILES string of the molecule is CNCC1CCN(Cc2ccnn2-c2ccc(F)cc2)C1. The average Bonchev–Trinajstić information content (AvgIpc) is 3.11. The number of aromatic nitrogens is 2. The van der Waals surface area contributed by atoms with Crippen molar-refractivity contribution < 1.29 is 4.39 Å². The minimum absolute atomic E-state index is 0.220. The Balaban J connectivity index is 1.70. The van der Waals surface area contributed by atoms with Gasteiger partial charge in [0.25, 0.3) is 0 Å². The predicted octanol–water partition coefficient (Wildman–Crippen LogP) is 2.05. The van der Waals surface area contributed by atoms with Gasteiger partial charge in [-0.05, 0) is 62.8 Å². The first-order valence-corrected chi connectivity index (χ1v) is 7.42. The topological polar surface area (TPSA) is 33.1 Å². The third-order valence-corrected chi connectivity index (χ3v) is 4.04. The molecule has 112 valence electrons. The Morgan fingerprint density at radius 3 is 2.86 bits per heavy atom. The second-order valence-corrected chi connectivity index (χ2v) is 5.66. The summed E-state index contributed by atoms with van der Waals surface area (Å²) in [4.78, 5) is 2.46. The summed E-state index contributed by atoms with van der Waals surface area (Å²) < 4.78 is 14.9. The molecule has 0 aliphatic carbocycles. The quantitative estimate of drug-likeness (QED) is 0.914. The van der Waals surface area contributed by atoms with Gasteiger partial charge >= 0.3 is 0 Å². The van der Waals surface area contributed by atoms with E-state index < -0.39 is 0 Å². The van der Waals surface area contributed by atoms with Crippen LogP contribution in [0.4, 0.5) is 4.39 Å². The van der Waals surface area contributed by atoms with Gasteiger partial charge in [0.05, 0.1) is 11.4 Å². The molecular formula is C16H21FN4. The Hall–Kier alpha value is -1.72. The lowest BCUT2D eigenvalue weighted by Crippen LogP contribution is -2.25. The van der Waals surface area contributed by atoms with E-state index >= 15 is 0 Å². The molecule has 4 nitrogen and oxygen atoms in total. The fourth-order valence-corrected chi connectivity index (χ4v) is 3.01. The Bertz CT molecular complexity index is 578. The van der Waals surface area contributed by atoms with Gasteiger partial charge in [0.15, 0.2) is 0 Å². The fourth-order valence-electron chi connectivity index (χ4n) is 3.01. The van der Waals surface area contributed by atoms with Gasteiger partial charge in [0.1, 0.15) is 5.82 Å². The molecule has 0 spiro atoms. The van der Waals surface area contributed by atoms with Crippen molar-refractivity contribution in [3.05, 3.63) is 48.0 Å². The van der Waals surface area contributed by atoms with Crippen LogP contribution in [0.2, 0.25) is 0 Å². The van der Waals surface area contributed by atoms with E-state index in [2.05, 4.69) is 15.3 Å². The average molecular weight is 288 g/mol. The van der Waals surface area contributed by atoms with Crippen LogP contribution in [0.1, 0.15) is 12.1 Å². The van der Waals surface area contributed by atoms with Gasteiger partial charge in [-0.2, -0.15) is 5.10 Å². The van der Waals surface area contributed by atoms with Crippen LogP contribution in [0, 0.1) is 11.7 Å². The van der Waals surface area contributed by atoms with E-state index in [0.29, 0.717) is 0 Å². The smallest absolute Gasteiger partial charge is 0.123 e. The lowest BCUT2D eigenvalue weighted by molar-refractivity contribution is 0.308. The van der Waals surface area contributed by atoms with E-state index in [9.17, 15) is 4.39 Å². The first-order chi connectivity index (χ1) is 10.3. The van der Waals surface area contributed by atoms with Crippen LogP contribution in [-0.4, -0.2) is 41.4 Å². The number of nitrogens with one attached hydrogen (secondary N) is 1. The summed E-state index contributed by atoms with van der Waals surface area (Å²) >= 11 is 0. The third-order valence-electron chi connectivity index (χ3n) is 4.04. The molecule has 5 heteroatoms. The molecule has 1 N–H and O–H groups in total. The second-order valence-electron chi connectivity index (χ2n) is 5.66. The minimum Gasteiger partial charge on any atom is -0.319 e. The molecule has 2 aromatic rings. The van der Waals surface area contributed by atoms with Gasteiger partial charge in [0, 0.05) is 19.3 Å². The van der Waals surface area contributed by atoms with E-state index in [-0.39, 0.29) is 5.82 Å². The van der Waals surface area contributed by atoms with Gasteiger partial charge in [-0.1, -0.05) is 0 Å². The van der Waals surface area contributed by atoms with Crippen LogP contribution < -0.4 is 5.32 Å². The molecule has 0 radical (unpaired) electrons. The summed E-state index contributed by atoms with van der Waals surface area (Å²) in [6, 6.07) is 8.51. The predicted molar refractivity (Wildman–Crippen MR) is 80.8 cm³/mol. The Labute approximate surface area is 124 Å². The zero-order valence-electron chi connectivity index (χ0n) is 12.3. The Kier molecular flexibility index (Phi) is 4.31. The minimum atomic E-state index is -0.220. The van der Waals surface area contributed by atoms with Gasteiger partial charge < -0.3 is 5.32 Å². The normalized spacial score (nSPS) is 19.2. The summed E-state index contributed by atoms with van der Waals surface area (Å²) in [7, 11) is 2.01. The lowest BCUT2D eigenvalue weighted by atomic mass is 10.1. The van der Waals surface area contributed by atoms with Crippen LogP contribution >= 0.6 is 0 Å². The van der Waals surface area contributed by atoms with Crippen molar-refractivity contribution in [2.75, 3.05) is 26.7 Å². The number of hydrogen-bond donors (Lipinski definition) is 1. The van der Waals surface area contributed by atoms with E-state index in [1.165, 1.54) is 18.6 Å². The largest absolute Gasteiger partial charge is 0.319 e. The molecular weight excluding hydrogens is 267 g/mol. The van der Waals surface area contributed by atoms with Crippen LogP contribution in [0.15, 0.2) is 36.5 Å². The second kappa shape index (κ2) is 6.37. The van der Waals surface area contributed by atoms with E-state index in [1.807, 2.05) is 17.8 Å². The Morgan fingerprint density at radius 1 is 1.29 bits per heavy atom. The van der Waals surface area contributed by atoms with Gasteiger partial charge in [0.2, 0.25) is 0 Å². The Morgan fingerprint density at radius 2 is 2.10 bits per heavy atom. The lowest BCUT2D eigenvalue weighted by Gasteiger charge is -2.17. The molecule has 0 saturated carbocycles. The number of benzene rings is 1. The maximum absolute atomic E-state index is 13.0. The maximum Gasteiger partial charge on any atom is 0.123 e. The molecule has 1 fully saturated rings. The molecule has 0 bridgehead atoms. The van der Waals surface area contributed by atoms with Crippen molar-refractivity contribution in [3.63, 3.8) is 0 Å². The van der Waals surface area contributed by atoms with Crippen molar-refractivity contribution in [1.82, 2.24) is 20.0 Å². The number of likely N-dealkylation sites (tertiary alicyclic amines) is 1. The number of hydrogen-bond acceptors (Lipinski definition) is 3. The van der Waals surface area contributed by atoms with Crippen LogP contribution in [-0.2, 0) is 6.54 Å². The number of halogens is 1. The zero-order valence-corrected chi connectivity index (χ0v) is 12.3. The van der Waals surface area contributed by atoms with Crippen molar-refractivity contribution in [1.29, 1.82) is 0 Å².